The van der Waals surface area contributed by atoms with Crippen molar-refractivity contribution in [3.8, 4) is 0 Å². The van der Waals surface area contributed by atoms with Crippen molar-refractivity contribution in [1.29, 1.82) is 0 Å². The van der Waals surface area contributed by atoms with Crippen LogP contribution in [0.15, 0.2) is 29.2 Å². The van der Waals surface area contributed by atoms with Gasteiger partial charge in [-0.25, -0.2) is 13.1 Å². The van der Waals surface area contributed by atoms with Crippen molar-refractivity contribution in [3.63, 3.8) is 0 Å². The summed E-state index contributed by atoms with van der Waals surface area (Å²) in [6, 6.07) is 6.90. The average molecular weight is 271 g/mol. The third-order valence-corrected chi connectivity index (χ3v) is 4.58. The molecule has 0 aliphatic carbocycles. The minimum absolute atomic E-state index is 0.336. The van der Waals surface area contributed by atoms with Crippen molar-refractivity contribution < 1.29 is 13.3 Å². The Labute approximate surface area is 110 Å². The Hall–Kier alpha value is -0.910. The molecule has 0 unspecified atom stereocenters. The lowest BCUT2D eigenvalue weighted by Gasteiger charge is -2.15. The van der Waals surface area contributed by atoms with Crippen LogP contribution in [0.4, 0.5) is 0 Å². The Bertz CT molecular complexity index is 450. The van der Waals surface area contributed by atoms with E-state index in [0.717, 1.165) is 25.2 Å². The predicted molar refractivity (Wildman–Crippen MR) is 73.3 cm³/mol. The summed E-state index contributed by atoms with van der Waals surface area (Å²) >= 11 is 0. The predicted octanol–water partition coefficient (Wildman–Crippen LogP) is 0.198. The molecule has 0 saturated heterocycles. The molecule has 0 aliphatic rings. The van der Waals surface area contributed by atoms with E-state index in [0.29, 0.717) is 11.4 Å². The van der Waals surface area contributed by atoms with Crippen molar-refractivity contribution in [1.82, 2.24) is 4.72 Å². The number of sulfonamides is 1. The summed E-state index contributed by atoms with van der Waals surface area (Å²) in [4.78, 5) is 1.73. The molecule has 0 saturated carbocycles. The monoisotopic (exact) mass is 271 g/mol. The number of aryl methyl sites for hydroxylation is 1. The molecule has 0 radical (unpaired) electrons. The van der Waals surface area contributed by atoms with E-state index in [1.54, 1.807) is 12.1 Å². The first-order valence-electron chi connectivity index (χ1n) is 6.39. The van der Waals surface area contributed by atoms with Gasteiger partial charge in [0, 0.05) is 0 Å². The maximum absolute atomic E-state index is 12.0. The van der Waals surface area contributed by atoms with Crippen LogP contribution in [0.25, 0.3) is 0 Å². The summed E-state index contributed by atoms with van der Waals surface area (Å²) in [5, 5.41) is 0. The minimum Gasteiger partial charge on any atom is -0.334 e. The second-order valence-electron chi connectivity index (χ2n) is 4.42. The lowest BCUT2D eigenvalue weighted by atomic mass is 10.2. The third-order valence-electron chi connectivity index (χ3n) is 3.10. The maximum atomic E-state index is 12.0. The molecule has 1 aromatic rings. The summed E-state index contributed by atoms with van der Waals surface area (Å²) in [6.45, 7) is 9.48. The minimum atomic E-state index is -3.35. The van der Waals surface area contributed by atoms with Gasteiger partial charge in [0.15, 0.2) is 0 Å². The number of hydrogen-bond donors (Lipinski definition) is 2. The first kappa shape index (κ1) is 15.1. The second-order valence-corrected chi connectivity index (χ2v) is 6.18. The lowest BCUT2D eigenvalue weighted by Crippen LogP contribution is -3.12. The van der Waals surface area contributed by atoms with Gasteiger partial charge in [-0.05, 0) is 32.9 Å². The van der Waals surface area contributed by atoms with Gasteiger partial charge in [-0.2, -0.15) is 0 Å². The molecule has 0 amide bonds. The van der Waals surface area contributed by atoms with Crippen molar-refractivity contribution in [3.05, 3.63) is 29.8 Å². The van der Waals surface area contributed by atoms with Crippen LogP contribution in [0, 0.1) is 6.92 Å². The second kappa shape index (κ2) is 6.87. The van der Waals surface area contributed by atoms with E-state index in [4.69, 9.17) is 0 Å². The molecule has 1 rings (SSSR count). The van der Waals surface area contributed by atoms with Crippen LogP contribution in [-0.4, -0.2) is 34.6 Å². The van der Waals surface area contributed by atoms with Gasteiger partial charge in [-0.1, -0.05) is 17.7 Å². The Morgan fingerprint density at radius 2 is 1.67 bits per heavy atom. The molecule has 0 fully saturated rings. The number of rotatable bonds is 7. The summed E-state index contributed by atoms with van der Waals surface area (Å²) in [5.74, 6) is 0. The molecule has 2 N–H and O–H groups in total. The molecular formula is C13H23N2O2S+. The van der Waals surface area contributed by atoms with Gasteiger partial charge < -0.3 is 4.90 Å². The number of nitrogens with one attached hydrogen (secondary N) is 2. The molecule has 4 nitrogen and oxygen atoms in total. The number of hydrogen-bond acceptors (Lipinski definition) is 2. The van der Waals surface area contributed by atoms with Gasteiger partial charge in [0.1, 0.15) is 0 Å². The van der Waals surface area contributed by atoms with Crippen LogP contribution >= 0.6 is 0 Å². The van der Waals surface area contributed by atoms with Crippen LogP contribution in [0.2, 0.25) is 0 Å². The molecule has 5 heteroatoms. The largest absolute Gasteiger partial charge is 0.334 e. The summed E-state index contributed by atoms with van der Waals surface area (Å²) in [6.07, 6.45) is 0. The van der Waals surface area contributed by atoms with E-state index >= 15 is 0 Å². The summed E-state index contributed by atoms with van der Waals surface area (Å²) < 4.78 is 26.6. The quantitative estimate of drug-likeness (QED) is 0.744. The Morgan fingerprint density at radius 1 is 1.11 bits per heavy atom. The van der Waals surface area contributed by atoms with Gasteiger partial charge in [-0.3, -0.25) is 0 Å². The number of likely N-dealkylation sites (N-methyl/N-ethyl adjacent to an activating group) is 1. The number of benzene rings is 1. The van der Waals surface area contributed by atoms with Crippen LogP contribution < -0.4 is 9.62 Å². The highest BCUT2D eigenvalue weighted by Gasteiger charge is 2.13. The molecule has 0 heterocycles. The highest BCUT2D eigenvalue weighted by atomic mass is 32.2. The van der Waals surface area contributed by atoms with Crippen molar-refractivity contribution in [2.24, 2.45) is 0 Å². The van der Waals surface area contributed by atoms with E-state index in [-0.39, 0.29) is 0 Å². The van der Waals surface area contributed by atoms with E-state index < -0.39 is 10.0 Å². The molecule has 0 atom stereocenters. The van der Waals surface area contributed by atoms with Gasteiger partial charge >= 0.3 is 0 Å². The van der Waals surface area contributed by atoms with Crippen molar-refractivity contribution in [2.45, 2.75) is 25.7 Å². The standard InChI is InChI=1S/C13H22N2O2S/c1-4-15(5-2)11-10-14-18(16,17)13-8-6-12(3)7-9-13/h6-9,14H,4-5,10-11H2,1-3H3/p+1. The van der Waals surface area contributed by atoms with Gasteiger partial charge in [0.05, 0.1) is 31.1 Å². The SMILES string of the molecule is CC[NH+](CC)CCNS(=O)(=O)c1ccc(C)cc1. The van der Waals surface area contributed by atoms with Gasteiger partial charge in [0.2, 0.25) is 10.0 Å². The Kier molecular flexibility index (Phi) is 5.78. The fraction of sp³-hybridized carbons (Fsp3) is 0.538. The van der Waals surface area contributed by atoms with E-state index in [1.807, 2.05) is 19.1 Å². The first-order chi connectivity index (χ1) is 8.49. The molecule has 102 valence electrons. The van der Waals surface area contributed by atoms with Crippen LogP contribution in [0.1, 0.15) is 19.4 Å². The van der Waals surface area contributed by atoms with Crippen molar-refractivity contribution >= 4 is 10.0 Å². The average Bonchev–Trinajstić information content (AvgIpc) is 2.35. The maximum Gasteiger partial charge on any atom is 0.240 e. The van der Waals surface area contributed by atoms with Crippen LogP contribution in [0.3, 0.4) is 0 Å². The van der Waals surface area contributed by atoms with Gasteiger partial charge in [0.25, 0.3) is 0 Å². The molecule has 0 aliphatic heterocycles. The van der Waals surface area contributed by atoms with Crippen LogP contribution in [0.5, 0.6) is 0 Å². The van der Waals surface area contributed by atoms with Crippen LogP contribution in [-0.2, 0) is 10.0 Å². The molecule has 0 spiro atoms. The first-order valence-corrected chi connectivity index (χ1v) is 7.87. The highest BCUT2D eigenvalue weighted by Crippen LogP contribution is 2.09. The number of quaternary nitrogens is 1. The molecular weight excluding hydrogens is 248 g/mol. The van der Waals surface area contributed by atoms with E-state index in [1.165, 1.54) is 4.90 Å². The fourth-order valence-corrected chi connectivity index (χ4v) is 2.80. The van der Waals surface area contributed by atoms with E-state index in [2.05, 4.69) is 18.6 Å². The topological polar surface area (TPSA) is 50.6 Å². The smallest absolute Gasteiger partial charge is 0.240 e. The molecule has 1 aromatic carbocycles. The summed E-state index contributed by atoms with van der Waals surface area (Å²) in [7, 11) is -3.35. The lowest BCUT2D eigenvalue weighted by molar-refractivity contribution is -0.895. The zero-order chi connectivity index (χ0) is 13.6. The zero-order valence-electron chi connectivity index (χ0n) is 11.4. The highest BCUT2D eigenvalue weighted by molar-refractivity contribution is 7.89. The van der Waals surface area contributed by atoms with Crippen molar-refractivity contribution in [2.75, 3.05) is 26.2 Å². The molecule has 0 bridgehead atoms. The van der Waals surface area contributed by atoms with E-state index in [9.17, 15) is 8.42 Å². The molecule has 0 aromatic heterocycles. The van der Waals surface area contributed by atoms with Gasteiger partial charge in [-0.15, -0.1) is 0 Å². The fourth-order valence-electron chi connectivity index (χ4n) is 1.77. The Balaban J connectivity index is 2.57. The third kappa shape index (κ3) is 4.40. The zero-order valence-corrected chi connectivity index (χ0v) is 12.2. The molecule has 18 heavy (non-hydrogen) atoms. The normalized spacial score (nSPS) is 12.0. The Morgan fingerprint density at radius 3 is 2.17 bits per heavy atom. The summed E-state index contributed by atoms with van der Waals surface area (Å²) in [5.41, 5.74) is 1.06.